The summed E-state index contributed by atoms with van der Waals surface area (Å²) in [4.78, 5) is 14.3. The van der Waals surface area contributed by atoms with Crippen molar-refractivity contribution in [2.45, 2.75) is 6.42 Å². The number of hydrogen-bond acceptors (Lipinski definition) is 3. The highest BCUT2D eigenvalue weighted by Gasteiger charge is 2.20. The van der Waals surface area contributed by atoms with E-state index in [0.717, 1.165) is 19.5 Å². The van der Waals surface area contributed by atoms with E-state index < -0.39 is 11.7 Å². The van der Waals surface area contributed by atoms with E-state index in [1.807, 2.05) is 7.05 Å². The van der Waals surface area contributed by atoms with Crippen molar-refractivity contribution in [3.05, 3.63) is 35.1 Å². The quantitative estimate of drug-likeness (QED) is 0.812. The monoisotopic (exact) mass is 290 g/mol. The highest BCUT2D eigenvalue weighted by Crippen LogP contribution is 2.14. The lowest BCUT2D eigenvalue weighted by molar-refractivity contribution is 0.0943. The highest BCUT2D eigenvalue weighted by atomic mass is 19.1. The van der Waals surface area contributed by atoms with Gasteiger partial charge in [-0.3, -0.25) is 4.79 Å². The Labute approximate surface area is 124 Å². The molecule has 1 amide bonds. The number of aliphatic hydroxyl groups is 1. The number of nitrogens with zero attached hydrogens (tertiary/aromatic N) is 1. The highest BCUT2D eigenvalue weighted by molar-refractivity contribution is 5.94. The fraction of sp³-hybridized carbons (Fsp3) is 0.438. The number of hydrogen-bond donors (Lipinski definition) is 2. The van der Waals surface area contributed by atoms with E-state index in [4.69, 9.17) is 5.11 Å². The van der Waals surface area contributed by atoms with Gasteiger partial charge < -0.3 is 15.3 Å². The minimum Gasteiger partial charge on any atom is -0.384 e. The van der Waals surface area contributed by atoms with Gasteiger partial charge in [-0.15, -0.1) is 0 Å². The zero-order valence-corrected chi connectivity index (χ0v) is 12.0. The zero-order valence-electron chi connectivity index (χ0n) is 12.0. The maximum atomic E-state index is 13.7. The van der Waals surface area contributed by atoms with Crippen molar-refractivity contribution in [3.63, 3.8) is 0 Å². The van der Waals surface area contributed by atoms with Crippen molar-refractivity contribution in [1.29, 1.82) is 0 Å². The molecule has 0 spiro atoms. The number of aliphatic hydroxyl groups excluding tert-OH is 1. The minimum absolute atomic E-state index is 0.00825. The van der Waals surface area contributed by atoms with Crippen LogP contribution in [0.25, 0.3) is 0 Å². The molecule has 1 aromatic carbocycles. The van der Waals surface area contributed by atoms with Gasteiger partial charge in [-0.1, -0.05) is 11.8 Å². The second-order valence-corrected chi connectivity index (χ2v) is 5.28. The summed E-state index contributed by atoms with van der Waals surface area (Å²) in [5.74, 6) is 4.57. The molecular weight excluding hydrogens is 271 g/mol. The van der Waals surface area contributed by atoms with Crippen molar-refractivity contribution in [1.82, 2.24) is 10.2 Å². The van der Waals surface area contributed by atoms with Gasteiger partial charge in [0, 0.05) is 18.7 Å². The third-order valence-corrected chi connectivity index (χ3v) is 3.56. The average molecular weight is 290 g/mol. The van der Waals surface area contributed by atoms with Gasteiger partial charge >= 0.3 is 0 Å². The maximum Gasteiger partial charge on any atom is 0.254 e. The molecule has 5 heteroatoms. The first kappa shape index (κ1) is 15.5. The smallest absolute Gasteiger partial charge is 0.254 e. The second kappa shape index (κ2) is 7.21. The summed E-state index contributed by atoms with van der Waals surface area (Å²) < 4.78 is 13.7. The summed E-state index contributed by atoms with van der Waals surface area (Å²) in [5.41, 5.74) is 0.502. The van der Waals surface area contributed by atoms with Crippen LogP contribution >= 0.6 is 0 Å². The van der Waals surface area contributed by atoms with Crippen molar-refractivity contribution < 1.29 is 14.3 Å². The molecular formula is C16H19FN2O2. The Kier molecular flexibility index (Phi) is 5.32. The van der Waals surface area contributed by atoms with Crippen LogP contribution in [-0.4, -0.2) is 49.2 Å². The normalized spacial score (nSPS) is 18.1. The van der Waals surface area contributed by atoms with Crippen molar-refractivity contribution >= 4 is 5.91 Å². The lowest BCUT2D eigenvalue weighted by Crippen LogP contribution is -2.31. The van der Waals surface area contributed by atoms with Crippen LogP contribution in [0.5, 0.6) is 0 Å². The summed E-state index contributed by atoms with van der Waals surface area (Å²) in [7, 11) is 2.05. The van der Waals surface area contributed by atoms with Crippen LogP contribution in [0, 0.1) is 23.6 Å². The number of carbonyl (C=O) groups excluding carboxylic acids is 1. The Balaban J connectivity index is 2.01. The molecule has 1 unspecified atom stereocenters. The topological polar surface area (TPSA) is 52.6 Å². The molecule has 1 saturated heterocycles. The Bertz CT molecular complexity index is 577. The Hall–Kier alpha value is -1.90. The van der Waals surface area contributed by atoms with Gasteiger partial charge in [-0.2, -0.15) is 0 Å². The molecule has 2 rings (SSSR count). The molecule has 1 aromatic rings. The van der Waals surface area contributed by atoms with Crippen LogP contribution in [0.1, 0.15) is 22.3 Å². The van der Waals surface area contributed by atoms with Crippen molar-refractivity contribution in [2.24, 2.45) is 5.92 Å². The lowest BCUT2D eigenvalue weighted by Gasteiger charge is -2.12. The largest absolute Gasteiger partial charge is 0.384 e. The van der Waals surface area contributed by atoms with Crippen molar-refractivity contribution in [3.8, 4) is 11.8 Å². The number of carbonyl (C=O) groups is 1. The van der Waals surface area contributed by atoms with E-state index in [1.54, 1.807) is 0 Å². The van der Waals surface area contributed by atoms with Crippen molar-refractivity contribution in [2.75, 3.05) is 33.3 Å². The van der Waals surface area contributed by atoms with Gasteiger partial charge in [0.05, 0.1) is 5.56 Å². The van der Waals surface area contributed by atoms with Gasteiger partial charge in [0.2, 0.25) is 0 Å². The van der Waals surface area contributed by atoms with Crippen LogP contribution in [-0.2, 0) is 0 Å². The average Bonchev–Trinajstić information content (AvgIpc) is 2.89. The Morgan fingerprint density at radius 2 is 2.38 bits per heavy atom. The fourth-order valence-corrected chi connectivity index (χ4v) is 2.44. The third kappa shape index (κ3) is 4.28. The van der Waals surface area contributed by atoms with E-state index in [-0.39, 0.29) is 12.2 Å². The molecule has 21 heavy (non-hydrogen) atoms. The molecule has 0 radical (unpaired) electrons. The molecule has 0 aromatic heterocycles. The molecule has 0 aliphatic carbocycles. The van der Waals surface area contributed by atoms with E-state index in [0.29, 0.717) is 18.0 Å². The molecule has 1 aliphatic rings. The molecule has 2 N–H and O–H groups in total. The number of benzene rings is 1. The first-order valence-electron chi connectivity index (χ1n) is 6.96. The number of amides is 1. The minimum atomic E-state index is -0.564. The number of halogens is 1. The molecule has 1 atom stereocenters. The van der Waals surface area contributed by atoms with Crippen LogP contribution in [0.2, 0.25) is 0 Å². The van der Waals surface area contributed by atoms with Gasteiger partial charge in [-0.25, -0.2) is 4.39 Å². The predicted molar refractivity (Wildman–Crippen MR) is 78.3 cm³/mol. The van der Waals surface area contributed by atoms with Gasteiger partial charge in [-0.05, 0) is 44.1 Å². The SMILES string of the molecule is CN1CCC(CNC(=O)c2cc(C#CCO)ccc2F)C1. The van der Waals surface area contributed by atoms with E-state index >= 15 is 0 Å². The Morgan fingerprint density at radius 1 is 1.57 bits per heavy atom. The van der Waals surface area contributed by atoms with Gasteiger partial charge in [0.1, 0.15) is 12.4 Å². The second-order valence-electron chi connectivity index (χ2n) is 5.28. The first-order chi connectivity index (χ1) is 10.1. The summed E-state index contributed by atoms with van der Waals surface area (Å²) >= 11 is 0. The van der Waals surface area contributed by atoms with Gasteiger partial charge in [0.25, 0.3) is 5.91 Å². The third-order valence-electron chi connectivity index (χ3n) is 3.56. The molecule has 1 heterocycles. The molecule has 1 aliphatic heterocycles. The standard InChI is InChI=1S/C16H19FN2O2/c1-19-7-6-13(11-19)10-18-16(21)14-9-12(3-2-8-20)4-5-15(14)17/h4-5,9,13,20H,6-8,10-11H2,1H3,(H,18,21). The Morgan fingerprint density at radius 3 is 3.05 bits per heavy atom. The molecule has 1 fully saturated rings. The molecule has 0 bridgehead atoms. The molecule has 4 nitrogen and oxygen atoms in total. The molecule has 0 saturated carbocycles. The van der Waals surface area contributed by atoms with E-state index in [9.17, 15) is 9.18 Å². The van der Waals surface area contributed by atoms with Crippen LogP contribution in [0.15, 0.2) is 18.2 Å². The number of rotatable bonds is 3. The first-order valence-corrected chi connectivity index (χ1v) is 6.96. The lowest BCUT2D eigenvalue weighted by atomic mass is 10.1. The van der Waals surface area contributed by atoms with E-state index in [1.165, 1.54) is 18.2 Å². The van der Waals surface area contributed by atoms with Crippen LogP contribution < -0.4 is 5.32 Å². The molecule has 112 valence electrons. The summed E-state index contributed by atoms with van der Waals surface area (Å²) in [6.45, 7) is 2.26. The van der Waals surface area contributed by atoms with Gasteiger partial charge in [0.15, 0.2) is 0 Å². The summed E-state index contributed by atoms with van der Waals surface area (Å²) in [6.07, 6.45) is 1.04. The summed E-state index contributed by atoms with van der Waals surface area (Å²) in [5, 5.41) is 11.4. The summed E-state index contributed by atoms with van der Waals surface area (Å²) in [6, 6.07) is 4.12. The number of likely N-dealkylation sites (tertiary alicyclic amines) is 1. The predicted octanol–water partition coefficient (Wildman–Crippen LogP) is 0.851. The maximum absolute atomic E-state index is 13.7. The number of nitrogens with one attached hydrogen (secondary N) is 1. The van der Waals surface area contributed by atoms with Crippen LogP contribution in [0.3, 0.4) is 0 Å². The fourth-order valence-electron chi connectivity index (χ4n) is 2.44. The van der Waals surface area contributed by atoms with Crippen LogP contribution in [0.4, 0.5) is 4.39 Å². The van der Waals surface area contributed by atoms with E-state index in [2.05, 4.69) is 22.1 Å². The zero-order chi connectivity index (χ0) is 15.2.